The highest BCUT2D eigenvalue weighted by Gasteiger charge is 2.30. The van der Waals surface area contributed by atoms with Crippen molar-refractivity contribution in [3.8, 4) is 0 Å². The summed E-state index contributed by atoms with van der Waals surface area (Å²) in [6.07, 6.45) is -1.63. The zero-order valence-electron chi connectivity index (χ0n) is 20.5. The molecule has 0 radical (unpaired) electrons. The fraction of sp³-hybridized carbons (Fsp3) is 0.480. The summed E-state index contributed by atoms with van der Waals surface area (Å²) in [6, 6.07) is 4.29. The molecule has 9 heteroatoms. The highest BCUT2D eigenvalue weighted by molar-refractivity contribution is 7.07. The Morgan fingerprint density at radius 2 is 1.56 bits per heavy atom. The molecule has 1 heterocycles. The molecule has 0 aliphatic carbocycles. The van der Waals surface area contributed by atoms with Gasteiger partial charge in [-0.3, -0.25) is 19.0 Å². The molecule has 0 unspecified atom stereocenters. The van der Waals surface area contributed by atoms with Crippen molar-refractivity contribution < 1.29 is 22.8 Å². The molecule has 5 nitrogen and oxygen atoms in total. The fourth-order valence-corrected chi connectivity index (χ4v) is 4.47. The van der Waals surface area contributed by atoms with Crippen molar-refractivity contribution in [3.05, 3.63) is 54.9 Å². The molecule has 0 bridgehead atoms. The maximum atomic E-state index is 13.2. The SMILES string of the molecule is CC(C)N(C(=O)Cn1c(=O)/c(=C\c2ccc(C(F)(F)F)cc2)s/c1=C\C(=O)C(C)(C)C)C(C)C. The first kappa shape index (κ1) is 27.6. The Kier molecular flexibility index (Phi) is 8.35. The lowest BCUT2D eigenvalue weighted by Crippen LogP contribution is -2.46. The van der Waals surface area contributed by atoms with Crippen LogP contribution in [0.1, 0.15) is 59.6 Å². The van der Waals surface area contributed by atoms with Gasteiger partial charge in [-0.25, -0.2) is 0 Å². The van der Waals surface area contributed by atoms with E-state index in [-0.39, 0.29) is 34.9 Å². The van der Waals surface area contributed by atoms with Crippen LogP contribution in [0.15, 0.2) is 29.1 Å². The lowest BCUT2D eigenvalue weighted by Gasteiger charge is -2.30. The molecule has 2 aromatic rings. The van der Waals surface area contributed by atoms with Crippen molar-refractivity contribution in [2.45, 2.75) is 73.3 Å². The van der Waals surface area contributed by atoms with E-state index in [4.69, 9.17) is 0 Å². The van der Waals surface area contributed by atoms with Crippen LogP contribution in [0, 0.1) is 5.41 Å². The quantitative estimate of drug-likeness (QED) is 0.611. The molecule has 34 heavy (non-hydrogen) atoms. The minimum Gasteiger partial charge on any atom is -0.336 e. The maximum absolute atomic E-state index is 13.2. The average Bonchev–Trinajstić information content (AvgIpc) is 2.95. The maximum Gasteiger partial charge on any atom is 0.416 e. The van der Waals surface area contributed by atoms with Crippen LogP contribution in [-0.2, 0) is 22.3 Å². The molecule has 2 rings (SSSR count). The molecular formula is C25H31F3N2O3S. The van der Waals surface area contributed by atoms with Gasteiger partial charge in [0.1, 0.15) is 11.2 Å². The van der Waals surface area contributed by atoms with Gasteiger partial charge in [0.25, 0.3) is 5.56 Å². The molecular weight excluding hydrogens is 465 g/mol. The summed E-state index contributed by atoms with van der Waals surface area (Å²) in [5.41, 5.74) is -1.54. The second kappa shape index (κ2) is 10.3. The van der Waals surface area contributed by atoms with Crippen LogP contribution in [0.2, 0.25) is 0 Å². The summed E-state index contributed by atoms with van der Waals surface area (Å²) in [5, 5.41) is 0. The molecule has 1 amide bonds. The number of carbonyl (C=O) groups excluding carboxylic acids is 2. The number of hydrogen-bond donors (Lipinski definition) is 0. The van der Waals surface area contributed by atoms with E-state index in [1.807, 2.05) is 27.7 Å². The third kappa shape index (κ3) is 6.68. The lowest BCUT2D eigenvalue weighted by molar-refractivity contribution is -0.137. The summed E-state index contributed by atoms with van der Waals surface area (Å²) in [5.74, 6) is -0.468. The minimum atomic E-state index is -4.46. The monoisotopic (exact) mass is 496 g/mol. The van der Waals surface area contributed by atoms with Crippen molar-refractivity contribution >= 4 is 35.2 Å². The number of nitrogens with zero attached hydrogens (tertiary/aromatic N) is 2. The second-order valence-electron chi connectivity index (χ2n) is 9.71. The number of benzene rings is 1. The third-order valence-electron chi connectivity index (χ3n) is 5.16. The molecule has 1 aromatic carbocycles. The Bertz CT molecular complexity index is 1210. The van der Waals surface area contributed by atoms with Gasteiger partial charge in [0.15, 0.2) is 5.78 Å². The van der Waals surface area contributed by atoms with Crippen molar-refractivity contribution in [1.82, 2.24) is 9.47 Å². The van der Waals surface area contributed by atoms with Gasteiger partial charge >= 0.3 is 6.18 Å². The minimum absolute atomic E-state index is 0.0799. The summed E-state index contributed by atoms with van der Waals surface area (Å²) in [7, 11) is 0. The zero-order valence-corrected chi connectivity index (χ0v) is 21.3. The van der Waals surface area contributed by atoms with Gasteiger partial charge in [-0.2, -0.15) is 13.2 Å². The van der Waals surface area contributed by atoms with Crippen LogP contribution >= 0.6 is 11.3 Å². The molecule has 0 N–H and O–H groups in total. The van der Waals surface area contributed by atoms with Crippen LogP contribution in [0.5, 0.6) is 0 Å². The molecule has 0 saturated heterocycles. The Morgan fingerprint density at radius 3 is 2.00 bits per heavy atom. The summed E-state index contributed by atoms with van der Waals surface area (Å²) in [4.78, 5) is 40.6. The van der Waals surface area contributed by atoms with E-state index in [9.17, 15) is 27.6 Å². The van der Waals surface area contributed by atoms with E-state index in [0.717, 1.165) is 23.5 Å². The number of carbonyl (C=O) groups is 2. The number of halogens is 3. The summed E-state index contributed by atoms with van der Waals surface area (Å²) < 4.78 is 40.4. The Labute approximate surface area is 201 Å². The normalized spacial score (nSPS) is 13.8. The van der Waals surface area contributed by atoms with Crippen LogP contribution in [0.25, 0.3) is 12.2 Å². The first-order valence-electron chi connectivity index (χ1n) is 11.0. The first-order valence-corrected chi connectivity index (χ1v) is 11.8. The van der Waals surface area contributed by atoms with E-state index in [0.29, 0.717) is 10.2 Å². The molecule has 0 aliphatic rings. The smallest absolute Gasteiger partial charge is 0.336 e. The topological polar surface area (TPSA) is 59.4 Å². The standard InChI is InChI=1S/C25H31F3N2O3S/c1-15(2)30(16(3)4)21(32)14-29-22(13-20(31)24(5,6)7)34-19(23(29)33)12-17-8-10-18(11-9-17)25(26,27)28/h8-13,15-16H,14H2,1-7H3/b19-12+,22-13-. The fourth-order valence-electron chi connectivity index (χ4n) is 3.43. The molecule has 0 saturated carbocycles. The van der Waals surface area contributed by atoms with E-state index in [2.05, 4.69) is 0 Å². The highest BCUT2D eigenvalue weighted by Crippen LogP contribution is 2.29. The largest absolute Gasteiger partial charge is 0.416 e. The van der Waals surface area contributed by atoms with Gasteiger partial charge in [-0.15, -0.1) is 11.3 Å². The van der Waals surface area contributed by atoms with Gasteiger partial charge in [0.05, 0.1) is 10.1 Å². The van der Waals surface area contributed by atoms with Crippen LogP contribution in [-0.4, -0.2) is 33.2 Å². The van der Waals surface area contributed by atoms with Gasteiger partial charge in [0, 0.05) is 23.6 Å². The molecule has 186 valence electrons. The predicted octanol–water partition coefficient (Wildman–Crippen LogP) is 3.80. The average molecular weight is 497 g/mol. The van der Waals surface area contributed by atoms with Crippen LogP contribution < -0.4 is 14.8 Å². The predicted molar refractivity (Wildman–Crippen MR) is 129 cm³/mol. The number of thiazole rings is 1. The second-order valence-corrected chi connectivity index (χ2v) is 10.8. The van der Waals surface area contributed by atoms with Crippen molar-refractivity contribution in [1.29, 1.82) is 0 Å². The molecule has 0 spiro atoms. The first-order chi connectivity index (χ1) is 15.5. The number of hydrogen-bond acceptors (Lipinski definition) is 4. The van der Waals surface area contributed by atoms with E-state index >= 15 is 0 Å². The number of ketones is 1. The summed E-state index contributed by atoms with van der Waals surface area (Å²) >= 11 is 1.03. The molecule has 0 aliphatic heterocycles. The van der Waals surface area contributed by atoms with Crippen LogP contribution in [0.3, 0.4) is 0 Å². The lowest BCUT2D eigenvalue weighted by atomic mass is 9.91. The van der Waals surface area contributed by atoms with E-state index in [1.165, 1.54) is 28.9 Å². The van der Waals surface area contributed by atoms with Crippen molar-refractivity contribution in [2.24, 2.45) is 5.41 Å². The molecule has 0 atom stereocenters. The van der Waals surface area contributed by atoms with Crippen LogP contribution in [0.4, 0.5) is 13.2 Å². The Balaban J connectivity index is 2.64. The number of aromatic nitrogens is 1. The Hall–Kier alpha value is -2.68. The number of alkyl halides is 3. The van der Waals surface area contributed by atoms with Crippen molar-refractivity contribution in [3.63, 3.8) is 0 Å². The Morgan fingerprint density at radius 1 is 1.03 bits per heavy atom. The zero-order chi connectivity index (χ0) is 26.0. The van der Waals surface area contributed by atoms with Gasteiger partial charge < -0.3 is 4.90 Å². The summed E-state index contributed by atoms with van der Waals surface area (Å²) in [6.45, 7) is 12.5. The number of rotatable bonds is 6. The van der Waals surface area contributed by atoms with Gasteiger partial charge in [-0.1, -0.05) is 32.9 Å². The molecule has 1 aromatic heterocycles. The molecule has 0 fully saturated rings. The van der Waals surface area contributed by atoms with E-state index < -0.39 is 22.7 Å². The van der Waals surface area contributed by atoms with E-state index in [1.54, 1.807) is 25.7 Å². The van der Waals surface area contributed by atoms with Gasteiger partial charge in [0.2, 0.25) is 5.91 Å². The van der Waals surface area contributed by atoms with Crippen molar-refractivity contribution in [2.75, 3.05) is 0 Å². The third-order valence-corrected chi connectivity index (χ3v) is 6.22. The highest BCUT2D eigenvalue weighted by atomic mass is 32.1. The number of Topliss-reactive ketones (excluding diaryl/α,β-unsaturated/α-hetero) is 1. The number of amides is 1. The van der Waals surface area contributed by atoms with Gasteiger partial charge in [-0.05, 0) is 51.5 Å².